The Balaban J connectivity index is 1.32. The van der Waals surface area contributed by atoms with Crippen molar-refractivity contribution in [1.82, 2.24) is 4.90 Å². The third-order valence-electron chi connectivity index (χ3n) is 7.65. The standard InChI is InChI=1S/C23H30N2O3/c1-28-19-5-2-4-18(11-19)24-21(26)20-6-3-7-25(20)22(27)23-12-15-8-16(13-23)10-17(9-15)14-23/h2,4-5,11,15-17,20H,3,6-10,12-14H2,1H3,(H,24,26)/t15?,16?,17?,20-,23?/m0/s1. The van der Waals surface area contributed by atoms with E-state index in [0.29, 0.717) is 5.75 Å². The van der Waals surface area contributed by atoms with Crippen LogP contribution in [0.4, 0.5) is 5.69 Å². The van der Waals surface area contributed by atoms with Crippen LogP contribution in [-0.4, -0.2) is 36.4 Å². The summed E-state index contributed by atoms with van der Waals surface area (Å²) in [5.41, 5.74) is 0.548. The molecule has 0 spiro atoms. The Kier molecular flexibility index (Phi) is 4.37. The first-order valence-corrected chi connectivity index (χ1v) is 10.8. The number of amides is 2. The number of ether oxygens (including phenoxy) is 1. The Morgan fingerprint density at radius 3 is 2.43 bits per heavy atom. The highest BCUT2D eigenvalue weighted by atomic mass is 16.5. The summed E-state index contributed by atoms with van der Waals surface area (Å²) in [7, 11) is 1.61. The van der Waals surface area contributed by atoms with Gasteiger partial charge in [-0.3, -0.25) is 9.59 Å². The van der Waals surface area contributed by atoms with E-state index in [-0.39, 0.29) is 23.3 Å². The maximum Gasteiger partial charge on any atom is 0.247 e. The summed E-state index contributed by atoms with van der Waals surface area (Å²) in [4.78, 5) is 28.6. The molecule has 0 unspecified atom stereocenters. The number of methoxy groups -OCH3 is 1. The maximum atomic E-state index is 13.7. The number of carbonyl (C=O) groups is 2. The van der Waals surface area contributed by atoms with E-state index in [0.717, 1.165) is 62.1 Å². The summed E-state index contributed by atoms with van der Waals surface area (Å²) in [5.74, 6) is 3.13. The van der Waals surface area contributed by atoms with Crippen molar-refractivity contribution in [2.45, 2.75) is 57.4 Å². The molecule has 1 aliphatic heterocycles. The topological polar surface area (TPSA) is 58.6 Å². The van der Waals surface area contributed by atoms with Gasteiger partial charge in [-0.15, -0.1) is 0 Å². The Bertz CT molecular complexity index is 755. The molecule has 150 valence electrons. The first-order valence-electron chi connectivity index (χ1n) is 10.8. The van der Waals surface area contributed by atoms with Crippen LogP contribution in [0, 0.1) is 23.2 Å². The molecule has 1 saturated heterocycles. The van der Waals surface area contributed by atoms with E-state index in [1.165, 1.54) is 19.3 Å². The van der Waals surface area contributed by atoms with Crippen LogP contribution in [0.5, 0.6) is 5.75 Å². The fourth-order valence-corrected chi connectivity index (χ4v) is 6.89. The summed E-state index contributed by atoms with van der Waals surface area (Å²) < 4.78 is 5.24. The fraction of sp³-hybridized carbons (Fsp3) is 0.652. The Hall–Kier alpha value is -2.04. The quantitative estimate of drug-likeness (QED) is 0.861. The zero-order valence-electron chi connectivity index (χ0n) is 16.7. The number of nitrogens with zero attached hydrogens (tertiary/aromatic N) is 1. The van der Waals surface area contributed by atoms with Gasteiger partial charge in [-0.25, -0.2) is 0 Å². The molecule has 5 heteroatoms. The normalized spacial score (nSPS) is 35.8. The van der Waals surface area contributed by atoms with Crippen molar-refractivity contribution in [2.75, 3.05) is 19.0 Å². The van der Waals surface area contributed by atoms with Gasteiger partial charge in [-0.2, -0.15) is 0 Å². The molecule has 2 amide bonds. The van der Waals surface area contributed by atoms with Crippen LogP contribution >= 0.6 is 0 Å². The molecular formula is C23H30N2O3. The van der Waals surface area contributed by atoms with Gasteiger partial charge in [0.15, 0.2) is 0 Å². The molecule has 4 aliphatic carbocycles. The second-order valence-electron chi connectivity index (χ2n) is 9.58. The van der Waals surface area contributed by atoms with Gasteiger partial charge < -0.3 is 15.0 Å². The summed E-state index contributed by atoms with van der Waals surface area (Å²) in [6, 6.07) is 7.06. The zero-order chi connectivity index (χ0) is 19.3. The highest BCUT2D eigenvalue weighted by molar-refractivity contribution is 5.98. The van der Waals surface area contributed by atoms with Gasteiger partial charge in [-0.05, 0) is 81.3 Å². The van der Waals surface area contributed by atoms with E-state index < -0.39 is 0 Å². The minimum atomic E-state index is -0.341. The lowest BCUT2D eigenvalue weighted by Gasteiger charge is -2.56. The number of anilines is 1. The summed E-state index contributed by atoms with van der Waals surface area (Å²) >= 11 is 0. The van der Waals surface area contributed by atoms with Crippen LogP contribution in [0.1, 0.15) is 51.4 Å². The molecular weight excluding hydrogens is 352 g/mol. The summed E-state index contributed by atoms with van der Waals surface area (Å²) in [6.45, 7) is 0.719. The van der Waals surface area contributed by atoms with Gasteiger partial charge in [0.25, 0.3) is 0 Å². The first kappa shape index (κ1) is 18.0. The van der Waals surface area contributed by atoms with E-state index in [2.05, 4.69) is 5.32 Å². The second-order valence-corrected chi connectivity index (χ2v) is 9.58. The number of likely N-dealkylation sites (tertiary alicyclic amines) is 1. The lowest BCUT2D eigenvalue weighted by Crippen LogP contribution is -2.56. The second kappa shape index (κ2) is 6.78. The van der Waals surface area contributed by atoms with Gasteiger partial charge in [0.2, 0.25) is 11.8 Å². The van der Waals surface area contributed by atoms with Crippen molar-refractivity contribution in [3.05, 3.63) is 24.3 Å². The number of carbonyl (C=O) groups excluding carboxylic acids is 2. The van der Waals surface area contributed by atoms with Crippen LogP contribution in [-0.2, 0) is 9.59 Å². The Morgan fingerprint density at radius 2 is 1.79 bits per heavy atom. The summed E-state index contributed by atoms with van der Waals surface area (Å²) in [5, 5.41) is 3.00. The van der Waals surface area contributed by atoms with Crippen molar-refractivity contribution in [1.29, 1.82) is 0 Å². The van der Waals surface area contributed by atoms with Crippen LogP contribution in [0.25, 0.3) is 0 Å². The fourth-order valence-electron chi connectivity index (χ4n) is 6.89. The Labute approximate surface area is 166 Å². The lowest BCUT2D eigenvalue weighted by molar-refractivity contribution is -0.160. The zero-order valence-corrected chi connectivity index (χ0v) is 16.7. The van der Waals surface area contributed by atoms with E-state index in [1.807, 2.05) is 29.2 Å². The van der Waals surface area contributed by atoms with Crippen molar-refractivity contribution >= 4 is 17.5 Å². The third-order valence-corrected chi connectivity index (χ3v) is 7.65. The average molecular weight is 383 g/mol. The smallest absolute Gasteiger partial charge is 0.247 e. The number of hydrogen-bond acceptors (Lipinski definition) is 3. The van der Waals surface area contributed by atoms with Crippen molar-refractivity contribution in [3.63, 3.8) is 0 Å². The van der Waals surface area contributed by atoms with Crippen LogP contribution in [0.15, 0.2) is 24.3 Å². The molecule has 6 rings (SSSR count). The van der Waals surface area contributed by atoms with Crippen molar-refractivity contribution in [2.24, 2.45) is 23.2 Å². The minimum absolute atomic E-state index is 0.0659. The third kappa shape index (κ3) is 2.99. The van der Waals surface area contributed by atoms with Gasteiger partial charge in [0.05, 0.1) is 12.5 Å². The lowest BCUT2D eigenvalue weighted by atomic mass is 9.49. The van der Waals surface area contributed by atoms with E-state index in [9.17, 15) is 9.59 Å². The molecule has 1 N–H and O–H groups in total. The molecule has 1 heterocycles. The number of benzene rings is 1. The minimum Gasteiger partial charge on any atom is -0.497 e. The van der Waals surface area contributed by atoms with Gasteiger partial charge in [0, 0.05) is 18.3 Å². The van der Waals surface area contributed by atoms with Crippen LogP contribution in [0.3, 0.4) is 0 Å². The molecule has 5 fully saturated rings. The first-order chi connectivity index (χ1) is 13.6. The molecule has 5 nitrogen and oxygen atoms in total. The van der Waals surface area contributed by atoms with E-state index in [4.69, 9.17) is 4.74 Å². The molecule has 1 aromatic rings. The highest BCUT2D eigenvalue weighted by Crippen LogP contribution is 2.60. The SMILES string of the molecule is COc1cccc(NC(=O)[C@@H]2CCCN2C(=O)C23CC4CC(CC(C4)C2)C3)c1. The van der Waals surface area contributed by atoms with E-state index >= 15 is 0 Å². The number of rotatable bonds is 4. The maximum absolute atomic E-state index is 13.7. The van der Waals surface area contributed by atoms with Gasteiger partial charge in [-0.1, -0.05) is 6.07 Å². The predicted molar refractivity (Wildman–Crippen MR) is 107 cm³/mol. The molecule has 28 heavy (non-hydrogen) atoms. The number of hydrogen-bond donors (Lipinski definition) is 1. The number of nitrogens with one attached hydrogen (secondary N) is 1. The molecule has 0 radical (unpaired) electrons. The monoisotopic (exact) mass is 382 g/mol. The molecule has 1 aromatic carbocycles. The predicted octanol–water partition coefficient (Wildman–Crippen LogP) is 3.84. The van der Waals surface area contributed by atoms with Crippen LogP contribution in [0.2, 0.25) is 0 Å². The molecule has 1 atom stereocenters. The highest BCUT2D eigenvalue weighted by Gasteiger charge is 2.56. The van der Waals surface area contributed by atoms with Gasteiger partial charge >= 0.3 is 0 Å². The van der Waals surface area contributed by atoms with Crippen molar-refractivity contribution in [3.8, 4) is 5.75 Å². The van der Waals surface area contributed by atoms with Crippen molar-refractivity contribution < 1.29 is 14.3 Å². The largest absolute Gasteiger partial charge is 0.497 e. The molecule has 0 aromatic heterocycles. The van der Waals surface area contributed by atoms with Gasteiger partial charge in [0.1, 0.15) is 11.8 Å². The molecule has 5 aliphatic rings. The molecule has 4 saturated carbocycles. The molecule has 4 bridgehead atoms. The average Bonchev–Trinajstić information content (AvgIpc) is 3.16. The van der Waals surface area contributed by atoms with E-state index in [1.54, 1.807) is 7.11 Å². The van der Waals surface area contributed by atoms with Crippen LogP contribution < -0.4 is 10.1 Å². The Morgan fingerprint density at radius 1 is 1.11 bits per heavy atom. The summed E-state index contributed by atoms with van der Waals surface area (Å²) in [6.07, 6.45) is 8.81.